The van der Waals surface area contributed by atoms with E-state index in [1.807, 2.05) is 12.1 Å². The Morgan fingerprint density at radius 3 is 1.44 bits per heavy atom. The van der Waals surface area contributed by atoms with Gasteiger partial charge >= 0.3 is 11.9 Å². The molecule has 0 aliphatic carbocycles. The molecule has 0 fully saturated rings. The van der Waals surface area contributed by atoms with E-state index in [1.54, 1.807) is 62.6 Å². The predicted molar refractivity (Wildman–Crippen MR) is 193 cm³/mol. The minimum Gasteiger partial charge on any atom is -0.486 e. The lowest BCUT2D eigenvalue weighted by Crippen LogP contribution is -2.14. The van der Waals surface area contributed by atoms with E-state index in [1.165, 1.54) is 12.1 Å². The number of nitrogens with one attached hydrogen (secondary N) is 2. The fraction of sp³-hybridized carbons (Fsp3) is 0.211. The third-order valence-electron chi connectivity index (χ3n) is 6.93. The van der Waals surface area contributed by atoms with Gasteiger partial charge in [-0.05, 0) is 50.5 Å². The molecule has 0 saturated carbocycles. The smallest absolute Gasteiger partial charge is 0.331 e. The number of nitriles is 2. The number of carbonyl (C=O) groups is 2. The van der Waals surface area contributed by atoms with Crippen LogP contribution in [0.15, 0.2) is 84.9 Å². The molecule has 52 heavy (non-hydrogen) atoms. The van der Waals surface area contributed by atoms with Crippen molar-refractivity contribution < 1.29 is 38.0 Å². The van der Waals surface area contributed by atoms with Gasteiger partial charge in [0.25, 0.3) is 0 Å². The summed E-state index contributed by atoms with van der Waals surface area (Å²) < 4.78 is 34.2. The summed E-state index contributed by atoms with van der Waals surface area (Å²) in [6, 6.07) is 24.1. The highest BCUT2D eigenvalue weighted by Gasteiger charge is 2.16. The van der Waals surface area contributed by atoms with E-state index in [4.69, 9.17) is 51.6 Å². The molecule has 0 atom stereocenters. The zero-order valence-corrected chi connectivity index (χ0v) is 29.8. The molecule has 0 radical (unpaired) electrons. The van der Waals surface area contributed by atoms with E-state index in [0.717, 1.165) is 23.3 Å². The van der Waals surface area contributed by atoms with E-state index in [9.17, 15) is 20.1 Å². The lowest BCUT2D eigenvalue weighted by atomic mass is 10.1. The van der Waals surface area contributed by atoms with Crippen LogP contribution in [0.1, 0.15) is 22.3 Å². The van der Waals surface area contributed by atoms with E-state index in [-0.39, 0.29) is 37.9 Å². The van der Waals surface area contributed by atoms with Crippen LogP contribution in [0, 0.1) is 22.7 Å². The molecule has 4 rings (SSSR count). The lowest BCUT2D eigenvalue weighted by Gasteiger charge is -2.17. The zero-order chi connectivity index (χ0) is 37.3. The number of esters is 2. The summed E-state index contributed by atoms with van der Waals surface area (Å²) in [6.45, 7) is 0.561. The second kappa shape index (κ2) is 20.2. The van der Waals surface area contributed by atoms with Crippen LogP contribution in [-0.2, 0) is 32.2 Å². The molecule has 12 nitrogen and oxygen atoms in total. The summed E-state index contributed by atoms with van der Waals surface area (Å²) in [7, 11) is 3.56. The molecular formula is C38H34Cl2N4O8. The monoisotopic (exact) mass is 744 g/mol. The van der Waals surface area contributed by atoms with Crippen molar-refractivity contribution in [3.05, 3.63) is 117 Å². The second-order valence-electron chi connectivity index (χ2n) is 10.6. The van der Waals surface area contributed by atoms with Crippen molar-refractivity contribution >= 4 is 35.1 Å². The quantitative estimate of drug-likeness (QED) is 0.0620. The lowest BCUT2D eigenvalue weighted by molar-refractivity contribution is -0.141. The van der Waals surface area contributed by atoms with Gasteiger partial charge in [0.15, 0.2) is 23.0 Å². The molecule has 0 bridgehead atoms. The molecule has 0 aromatic heterocycles. The minimum atomic E-state index is -0.782. The van der Waals surface area contributed by atoms with Crippen molar-refractivity contribution in [1.82, 2.24) is 10.6 Å². The first-order valence-corrected chi connectivity index (χ1v) is 16.6. The van der Waals surface area contributed by atoms with E-state index in [0.29, 0.717) is 57.3 Å². The number of halogens is 2. The third kappa shape index (κ3) is 11.4. The van der Waals surface area contributed by atoms with Crippen LogP contribution in [-0.4, -0.2) is 52.5 Å². The number of hydrogen-bond donors (Lipinski definition) is 2. The van der Waals surface area contributed by atoms with Crippen LogP contribution >= 0.6 is 23.2 Å². The van der Waals surface area contributed by atoms with Crippen LogP contribution in [0.3, 0.4) is 0 Å². The molecule has 268 valence electrons. The van der Waals surface area contributed by atoms with E-state index < -0.39 is 11.9 Å². The van der Waals surface area contributed by atoms with Gasteiger partial charge in [0.1, 0.15) is 50.1 Å². The zero-order valence-electron chi connectivity index (χ0n) is 28.2. The van der Waals surface area contributed by atoms with Gasteiger partial charge in [0.2, 0.25) is 0 Å². The van der Waals surface area contributed by atoms with Gasteiger partial charge in [-0.2, -0.15) is 10.5 Å². The molecule has 0 amide bonds. The summed E-state index contributed by atoms with van der Waals surface area (Å²) in [5.74, 6) is 0.421. The van der Waals surface area contributed by atoms with Gasteiger partial charge in [-0.1, -0.05) is 47.5 Å². The van der Waals surface area contributed by atoms with Gasteiger partial charge in [0.05, 0.1) is 11.1 Å². The first-order valence-electron chi connectivity index (χ1n) is 15.8. The van der Waals surface area contributed by atoms with Gasteiger partial charge in [-0.25, -0.2) is 9.59 Å². The highest BCUT2D eigenvalue weighted by atomic mass is 35.5. The molecular weight excluding hydrogens is 711 g/mol. The van der Waals surface area contributed by atoms with Gasteiger partial charge in [-0.15, -0.1) is 0 Å². The summed E-state index contributed by atoms with van der Waals surface area (Å²) in [5.41, 5.74) is 2.12. The number of rotatable bonds is 18. The third-order valence-corrected chi connectivity index (χ3v) is 7.40. The Hall–Kier alpha value is -5.76. The molecule has 14 heteroatoms. The maximum atomic E-state index is 12.3. The number of ether oxygens (including phenoxy) is 6. The molecule has 4 aromatic carbocycles. The van der Waals surface area contributed by atoms with Gasteiger partial charge < -0.3 is 39.1 Å². The summed E-state index contributed by atoms with van der Waals surface area (Å²) in [5, 5.41) is 25.9. The fourth-order valence-electron chi connectivity index (χ4n) is 4.66. The molecule has 4 aromatic rings. The van der Waals surface area contributed by atoms with Crippen molar-refractivity contribution in [1.29, 1.82) is 10.5 Å². The summed E-state index contributed by atoms with van der Waals surface area (Å²) in [4.78, 5) is 24.6. The molecule has 0 spiro atoms. The van der Waals surface area contributed by atoms with Crippen molar-refractivity contribution in [3.8, 4) is 46.6 Å². The number of nitrogens with zero attached hydrogens (tertiary/aromatic N) is 2. The average Bonchev–Trinajstić information content (AvgIpc) is 3.13. The molecule has 2 N–H and O–H groups in total. The van der Waals surface area contributed by atoms with E-state index >= 15 is 0 Å². The van der Waals surface area contributed by atoms with Gasteiger partial charge in [0, 0.05) is 58.5 Å². The molecule has 0 heterocycles. The normalized spacial score (nSPS) is 10.6. The Kier molecular flexibility index (Phi) is 15.1. The van der Waals surface area contributed by atoms with E-state index in [2.05, 4.69) is 22.8 Å². The molecule has 0 aliphatic heterocycles. The first-order chi connectivity index (χ1) is 25.3. The molecule has 0 aliphatic rings. The average molecular weight is 746 g/mol. The summed E-state index contributed by atoms with van der Waals surface area (Å²) in [6.07, 6.45) is 1.89. The van der Waals surface area contributed by atoms with Crippen molar-refractivity contribution in [2.24, 2.45) is 0 Å². The SMILES string of the molecule is CNCc1cccc(Oc2cc(Cl)ccc2C#N)c1OCCOC(=O)/C=C/C(=O)OCCOc1c(CNC)cccc1Oc1cc(Cl)ccc1C#N. The van der Waals surface area contributed by atoms with Crippen LogP contribution in [0.2, 0.25) is 10.0 Å². The van der Waals surface area contributed by atoms with Crippen LogP contribution in [0.5, 0.6) is 34.5 Å². The first kappa shape index (κ1) is 39.0. The van der Waals surface area contributed by atoms with Crippen molar-refractivity contribution in [2.75, 3.05) is 40.5 Å². The standard InChI is InChI=1S/C38H34Cl2N4O8/c1-43-23-27-5-3-7-31(51-33-19-29(39)11-9-25(33)21-41)37(27)49-17-15-47-35(45)13-14-36(46)48-16-18-50-38-28(24-44-2)6-4-8-32(38)52-34-20-30(40)12-10-26(34)22-42/h3-14,19-20,43-44H,15-18,23-24H2,1-2H3/b14-13+. The van der Waals surface area contributed by atoms with Crippen LogP contribution in [0.25, 0.3) is 0 Å². The Balaban J connectivity index is 1.27. The number of hydrogen-bond acceptors (Lipinski definition) is 12. The fourth-order valence-corrected chi connectivity index (χ4v) is 4.98. The highest BCUT2D eigenvalue weighted by molar-refractivity contribution is 6.31. The number of benzene rings is 4. The highest BCUT2D eigenvalue weighted by Crippen LogP contribution is 2.38. The maximum absolute atomic E-state index is 12.3. The van der Waals surface area contributed by atoms with Crippen LogP contribution < -0.4 is 29.6 Å². The number of carbonyl (C=O) groups excluding carboxylic acids is 2. The minimum absolute atomic E-state index is 0.0328. The van der Waals surface area contributed by atoms with Crippen molar-refractivity contribution in [3.63, 3.8) is 0 Å². The topological polar surface area (TPSA) is 161 Å². The number of para-hydroxylation sites is 2. The Labute approximate surface area is 311 Å². The summed E-state index contributed by atoms with van der Waals surface area (Å²) >= 11 is 12.2. The Morgan fingerprint density at radius 1 is 0.635 bits per heavy atom. The second-order valence-corrected chi connectivity index (χ2v) is 11.5. The van der Waals surface area contributed by atoms with Crippen molar-refractivity contribution in [2.45, 2.75) is 13.1 Å². The Bertz CT molecular complexity index is 1850. The maximum Gasteiger partial charge on any atom is 0.331 e. The predicted octanol–water partition coefficient (Wildman–Crippen LogP) is 6.86. The van der Waals surface area contributed by atoms with Gasteiger partial charge in [-0.3, -0.25) is 0 Å². The molecule has 0 unspecified atom stereocenters. The largest absolute Gasteiger partial charge is 0.486 e. The molecule has 0 saturated heterocycles. The van der Waals surface area contributed by atoms with Crippen LogP contribution in [0.4, 0.5) is 0 Å². The Morgan fingerprint density at radius 2 is 1.06 bits per heavy atom.